The van der Waals surface area contributed by atoms with Crippen molar-refractivity contribution < 1.29 is 14.4 Å². The van der Waals surface area contributed by atoms with Crippen molar-refractivity contribution in [2.45, 2.75) is 13.3 Å². The molecule has 6 heteroatoms. The molecule has 1 atom stereocenters. The highest BCUT2D eigenvalue weighted by molar-refractivity contribution is 6.30. The van der Waals surface area contributed by atoms with Gasteiger partial charge in [0.1, 0.15) is 0 Å². The number of halogens is 1. The van der Waals surface area contributed by atoms with Gasteiger partial charge in [0, 0.05) is 34.9 Å². The first-order valence-electron chi connectivity index (χ1n) is 7.92. The number of hydrogen-bond donors (Lipinski definition) is 1. The van der Waals surface area contributed by atoms with E-state index in [4.69, 9.17) is 11.6 Å². The number of carbonyl (C=O) groups is 3. The fourth-order valence-electron chi connectivity index (χ4n) is 2.80. The first kappa shape index (κ1) is 17.2. The molecule has 0 spiro atoms. The van der Waals surface area contributed by atoms with Crippen LogP contribution in [0, 0.1) is 5.92 Å². The fourth-order valence-corrected chi connectivity index (χ4v) is 2.93. The van der Waals surface area contributed by atoms with Gasteiger partial charge >= 0.3 is 0 Å². The lowest BCUT2D eigenvalue weighted by atomic mass is 10.1. The van der Waals surface area contributed by atoms with Gasteiger partial charge in [-0.25, -0.2) is 0 Å². The zero-order chi connectivity index (χ0) is 18.0. The van der Waals surface area contributed by atoms with Crippen molar-refractivity contribution in [1.82, 2.24) is 0 Å². The molecule has 1 fully saturated rings. The van der Waals surface area contributed by atoms with Crippen molar-refractivity contribution in [1.29, 1.82) is 0 Å². The van der Waals surface area contributed by atoms with Gasteiger partial charge in [0.2, 0.25) is 11.8 Å². The van der Waals surface area contributed by atoms with E-state index in [1.165, 1.54) is 6.92 Å². The van der Waals surface area contributed by atoms with E-state index in [1.54, 1.807) is 53.4 Å². The third kappa shape index (κ3) is 3.88. The van der Waals surface area contributed by atoms with Crippen LogP contribution in [0.2, 0.25) is 5.02 Å². The summed E-state index contributed by atoms with van der Waals surface area (Å²) >= 11 is 5.83. The molecule has 1 aliphatic rings. The van der Waals surface area contributed by atoms with Gasteiger partial charge in [0.05, 0.1) is 5.92 Å². The molecule has 1 heterocycles. The predicted octanol–water partition coefficient (Wildman–Crippen LogP) is 3.53. The molecule has 3 rings (SSSR count). The van der Waals surface area contributed by atoms with Crippen LogP contribution in [0.4, 0.5) is 11.4 Å². The number of nitrogens with zero attached hydrogens (tertiary/aromatic N) is 1. The molecule has 1 saturated heterocycles. The third-order valence-corrected chi connectivity index (χ3v) is 4.42. The molecule has 0 aliphatic carbocycles. The summed E-state index contributed by atoms with van der Waals surface area (Å²) in [6.45, 7) is 1.77. The summed E-state index contributed by atoms with van der Waals surface area (Å²) in [5.74, 6) is -0.840. The molecule has 2 amide bonds. The van der Waals surface area contributed by atoms with Gasteiger partial charge in [-0.15, -0.1) is 0 Å². The van der Waals surface area contributed by atoms with Crippen LogP contribution < -0.4 is 10.2 Å². The molecule has 0 bridgehead atoms. The highest BCUT2D eigenvalue weighted by Crippen LogP contribution is 2.27. The monoisotopic (exact) mass is 356 g/mol. The van der Waals surface area contributed by atoms with Crippen LogP contribution >= 0.6 is 11.6 Å². The van der Waals surface area contributed by atoms with E-state index < -0.39 is 5.92 Å². The Morgan fingerprint density at radius 1 is 1.16 bits per heavy atom. The topological polar surface area (TPSA) is 66.5 Å². The van der Waals surface area contributed by atoms with Crippen LogP contribution in [0.5, 0.6) is 0 Å². The largest absolute Gasteiger partial charge is 0.326 e. The van der Waals surface area contributed by atoms with Crippen LogP contribution in [-0.2, 0) is 9.59 Å². The molecular weight excluding hydrogens is 340 g/mol. The van der Waals surface area contributed by atoms with Gasteiger partial charge in [-0.1, -0.05) is 23.7 Å². The second kappa shape index (κ2) is 7.07. The standard InChI is InChI=1S/C19H17ClN2O3/c1-12(23)13-3-2-4-17(9-13)22-11-14(10-18(22)24)19(25)21-16-7-5-15(20)6-8-16/h2-9,14H,10-11H2,1H3,(H,21,25). The second-order valence-corrected chi connectivity index (χ2v) is 6.44. The highest BCUT2D eigenvalue weighted by atomic mass is 35.5. The Balaban J connectivity index is 1.71. The van der Waals surface area contributed by atoms with Crippen molar-refractivity contribution >= 4 is 40.6 Å². The molecule has 0 aromatic heterocycles. The summed E-state index contributed by atoms with van der Waals surface area (Å²) in [5, 5.41) is 3.39. The lowest BCUT2D eigenvalue weighted by Gasteiger charge is -2.17. The molecule has 128 valence electrons. The van der Waals surface area contributed by atoms with Crippen LogP contribution in [0.1, 0.15) is 23.7 Å². The summed E-state index contributed by atoms with van der Waals surface area (Å²) in [5.41, 5.74) is 1.82. The number of anilines is 2. The minimum absolute atomic E-state index is 0.0643. The summed E-state index contributed by atoms with van der Waals surface area (Å²) < 4.78 is 0. The molecule has 5 nitrogen and oxygen atoms in total. The molecule has 1 unspecified atom stereocenters. The normalized spacial score (nSPS) is 16.8. The second-order valence-electron chi connectivity index (χ2n) is 6.01. The predicted molar refractivity (Wildman–Crippen MR) is 97.0 cm³/mol. The van der Waals surface area contributed by atoms with Gasteiger partial charge in [-0.05, 0) is 43.3 Å². The maximum atomic E-state index is 12.4. The third-order valence-electron chi connectivity index (χ3n) is 4.17. The number of rotatable bonds is 4. The Morgan fingerprint density at radius 3 is 2.56 bits per heavy atom. The Labute approximate surface area is 150 Å². The molecule has 25 heavy (non-hydrogen) atoms. The lowest BCUT2D eigenvalue weighted by molar-refractivity contribution is -0.122. The maximum absolute atomic E-state index is 12.4. The number of benzene rings is 2. The van der Waals surface area contributed by atoms with Crippen LogP contribution in [0.15, 0.2) is 48.5 Å². The van der Waals surface area contributed by atoms with Gasteiger partial charge < -0.3 is 10.2 Å². The average molecular weight is 357 g/mol. The highest BCUT2D eigenvalue weighted by Gasteiger charge is 2.35. The Bertz CT molecular complexity index is 833. The van der Waals surface area contributed by atoms with Gasteiger partial charge in [0.25, 0.3) is 0 Å². The smallest absolute Gasteiger partial charge is 0.229 e. The quantitative estimate of drug-likeness (QED) is 0.852. The molecule has 0 saturated carbocycles. The lowest BCUT2D eigenvalue weighted by Crippen LogP contribution is -2.28. The Hall–Kier alpha value is -2.66. The minimum Gasteiger partial charge on any atom is -0.326 e. The van der Waals surface area contributed by atoms with E-state index in [-0.39, 0.29) is 24.0 Å². The van der Waals surface area contributed by atoms with E-state index in [9.17, 15) is 14.4 Å². The zero-order valence-corrected chi connectivity index (χ0v) is 14.4. The molecule has 1 N–H and O–H groups in total. The summed E-state index contributed by atoms with van der Waals surface area (Å²) in [6.07, 6.45) is 0.143. The molecule has 2 aromatic rings. The van der Waals surface area contributed by atoms with Crippen molar-refractivity contribution in [3.05, 3.63) is 59.1 Å². The molecule has 1 aliphatic heterocycles. The first-order valence-corrected chi connectivity index (χ1v) is 8.29. The van der Waals surface area contributed by atoms with Gasteiger partial charge in [0.15, 0.2) is 5.78 Å². The van der Waals surface area contributed by atoms with E-state index in [0.29, 0.717) is 28.5 Å². The number of nitrogens with one attached hydrogen (secondary N) is 1. The summed E-state index contributed by atoms with van der Waals surface area (Å²) in [6, 6.07) is 13.7. The number of amides is 2. The van der Waals surface area contributed by atoms with Crippen molar-refractivity contribution in [2.75, 3.05) is 16.8 Å². The van der Waals surface area contributed by atoms with Crippen molar-refractivity contribution in [3.8, 4) is 0 Å². The molecular formula is C19H17ClN2O3. The first-order chi connectivity index (χ1) is 11.9. The fraction of sp³-hybridized carbons (Fsp3) is 0.211. The van der Waals surface area contributed by atoms with E-state index in [0.717, 1.165) is 0 Å². The van der Waals surface area contributed by atoms with Gasteiger partial charge in [-0.3, -0.25) is 14.4 Å². The SMILES string of the molecule is CC(=O)c1cccc(N2CC(C(=O)Nc3ccc(Cl)cc3)CC2=O)c1. The molecule has 2 aromatic carbocycles. The minimum atomic E-state index is -0.441. The number of ketones is 1. The van der Waals surface area contributed by atoms with E-state index >= 15 is 0 Å². The van der Waals surface area contributed by atoms with Crippen LogP contribution in [0.25, 0.3) is 0 Å². The van der Waals surface area contributed by atoms with Gasteiger partial charge in [-0.2, -0.15) is 0 Å². The maximum Gasteiger partial charge on any atom is 0.229 e. The summed E-state index contributed by atoms with van der Waals surface area (Å²) in [4.78, 5) is 37.8. The van der Waals surface area contributed by atoms with E-state index in [2.05, 4.69) is 5.32 Å². The zero-order valence-electron chi connectivity index (χ0n) is 13.7. The number of Topliss-reactive ketones (excluding diaryl/α,β-unsaturated/α-hetero) is 1. The Kier molecular flexibility index (Phi) is 4.86. The van der Waals surface area contributed by atoms with Crippen molar-refractivity contribution in [3.63, 3.8) is 0 Å². The average Bonchev–Trinajstić information content (AvgIpc) is 2.99. The van der Waals surface area contributed by atoms with Crippen LogP contribution in [0.3, 0.4) is 0 Å². The summed E-state index contributed by atoms with van der Waals surface area (Å²) in [7, 11) is 0. The Morgan fingerprint density at radius 2 is 1.88 bits per heavy atom. The number of carbonyl (C=O) groups excluding carboxylic acids is 3. The van der Waals surface area contributed by atoms with Crippen molar-refractivity contribution in [2.24, 2.45) is 5.92 Å². The number of hydrogen-bond acceptors (Lipinski definition) is 3. The van der Waals surface area contributed by atoms with E-state index in [1.807, 2.05) is 0 Å². The van der Waals surface area contributed by atoms with Crippen LogP contribution in [-0.4, -0.2) is 24.1 Å². The molecule has 0 radical (unpaired) electrons.